The summed E-state index contributed by atoms with van der Waals surface area (Å²) < 4.78 is 0. The maximum Gasteiger partial charge on any atom is 0.248 e. The second-order valence-electron chi connectivity index (χ2n) is 5.11. The van der Waals surface area contributed by atoms with Crippen molar-refractivity contribution in [1.82, 2.24) is 15.1 Å². The fraction of sp³-hybridized carbons (Fsp3) is 0.538. The first kappa shape index (κ1) is 14.7. The summed E-state index contributed by atoms with van der Waals surface area (Å²) in [5.74, 6) is 0.141. The molecule has 1 saturated heterocycles. The molecule has 0 aromatic carbocycles. The summed E-state index contributed by atoms with van der Waals surface area (Å²) in [6.07, 6.45) is 1.31. The minimum absolute atomic E-state index is 0.0253. The quantitative estimate of drug-likeness (QED) is 0.918. The summed E-state index contributed by atoms with van der Waals surface area (Å²) in [4.78, 5) is 25.8. The average Bonchev–Trinajstić information content (AvgIpc) is 2.78. The molecule has 2 amide bonds. The Balaban J connectivity index is 2.11. The number of aromatic nitrogens is 2. The van der Waals surface area contributed by atoms with E-state index in [0.29, 0.717) is 18.8 Å². The van der Waals surface area contributed by atoms with Crippen LogP contribution >= 0.6 is 11.6 Å². The van der Waals surface area contributed by atoms with Crippen LogP contribution < -0.4 is 5.32 Å². The first-order chi connectivity index (χ1) is 9.49. The van der Waals surface area contributed by atoms with E-state index in [9.17, 15) is 9.59 Å². The molecule has 1 aromatic heterocycles. The van der Waals surface area contributed by atoms with Gasteiger partial charge in [-0.05, 0) is 24.5 Å². The molecule has 0 bridgehead atoms. The van der Waals surface area contributed by atoms with Gasteiger partial charge in [-0.1, -0.05) is 25.4 Å². The largest absolute Gasteiger partial charge is 0.330 e. The van der Waals surface area contributed by atoms with Crippen molar-refractivity contribution in [3.63, 3.8) is 0 Å². The minimum Gasteiger partial charge on any atom is -0.330 e. The van der Waals surface area contributed by atoms with E-state index in [1.807, 2.05) is 13.8 Å². The maximum absolute atomic E-state index is 12.4. The van der Waals surface area contributed by atoms with Gasteiger partial charge in [0.25, 0.3) is 0 Å². The van der Waals surface area contributed by atoms with Gasteiger partial charge >= 0.3 is 0 Å². The molecule has 1 N–H and O–H groups in total. The predicted molar refractivity (Wildman–Crippen MR) is 75.2 cm³/mol. The summed E-state index contributed by atoms with van der Waals surface area (Å²) in [6, 6.07) is 2.65. The lowest BCUT2D eigenvalue weighted by Gasteiger charge is -2.29. The molecule has 0 radical (unpaired) electrons. The van der Waals surface area contributed by atoms with Crippen molar-refractivity contribution in [2.75, 3.05) is 11.9 Å². The van der Waals surface area contributed by atoms with E-state index in [2.05, 4.69) is 15.5 Å². The van der Waals surface area contributed by atoms with Crippen molar-refractivity contribution >= 4 is 29.2 Å². The highest BCUT2D eigenvalue weighted by Gasteiger charge is 2.35. The van der Waals surface area contributed by atoms with Gasteiger partial charge in [0.15, 0.2) is 11.0 Å². The molecule has 108 valence electrons. The molecular formula is C13H17ClN4O2. The number of hydrogen-bond donors (Lipinski definition) is 1. The highest BCUT2D eigenvalue weighted by atomic mass is 35.5. The van der Waals surface area contributed by atoms with Gasteiger partial charge in [0.2, 0.25) is 11.8 Å². The van der Waals surface area contributed by atoms with E-state index in [4.69, 9.17) is 11.6 Å². The number of carbonyl (C=O) groups is 2. The molecular weight excluding hydrogens is 280 g/mol. The van der Waals surface area contributed by atoms with Gasteiger partial charge in [-0.2, -0.15) is 0 Å². The molecule has 0 spiro atoms. The summed E-state index contributed by atoms with van der Waals surface area (Å²) in [7, 11) is 0. The highest BCUT2D eigenvalue weighted by molar-refractivity contribution is 6.29. The van der Waals surface area contributed by atoms with Crippen LogP contribution in [0.3, 0.4) is 0 Å². The van der Waals surface area contributed by atoms with Gasteiger partial charge in [0.1, 0.15) is 6.04 Å². The van der Waals surface area contributed by atoms with Crippen LogP contribution in [0.15, 0.2) is 12.1 Å². The van der Waals surface area contributed by atoms with Crippen molar-refractivity contribution < 1.29 is 9.59 Å². The lowest BCUT2D eigenvalue weighted by atomic mass is 10.0. The predicted octanol–water partition coefficient (Wildman–Crippen LogP) is 1.72. The fourth-order valence-electron chi connectivity index (χ4n) is 2.35. The monoisotopic (exact) mass is 296 g/mol. The van der Waals surface area contributed by atoms with Crippen LogP contribution in [0.2, 0.25) is 5.15 Å². The topological polar surface area (TPSA) is 75.2 Å². The molecule has 1 fully saturated rings. The number of nitrogens with one attached hydrogen (secondary N) is 1. The van der Waals surface area contributed by atoms with Crippen LogP contribution in [0.5, 0.6) is 0 Å². The zero-order chi connectivity index (χ0) is 14.7. The van der Waals surface area contributed by atoms with Gasteiger partial charge in [-0.25, -0.2) is 0 Å². The van der Waals surface area contributed by atoms with Crippen LogP contribution in [0, 0.1) is 5.92 Å². The Labute approximate surface area is 122 Å². The van der Waals surface area contributed by atoms with E-state index in [0.717, 1.165) is 6.42 Å². The Bertz CT molecular complexity index is 504. The van der Waals surface area contributed by atoms with Gasteiger partial charge < -0.3 is 10.2 Å². The number of likely N-dealkylation sites (tertiary alicyclic amines) is 1. The zero-order valence-electron chi connectivity index (χ0n) is 11.5. The Hall–Kier alpha value is -1.69. The normalized spacial score (nSPS) is 16.6. The molecule has 1 aromatic rings. The number of carbonyl (C=O) groups excluding carboxylic acids is 2. The summed E-state index contributed by atoms with van der Waals surface area (Å²) >= 11 is 5.64. The molecule has 1 unspecified atom stereocenters. The molecule has 1 atom stereocenters. The molecule has 0 saturated carbocycles. The van der Waals surface area contributed by atoms with Crippen molar-refractivity contribution in [3.8, 4) is 0 Å². The highest BCUT2D eigenvalue weighted by Crippen LogP contribution is 2.20. The molecule has 1 aliphatic heterocycles. The van der Waals surface area contributed by atoms with E-state index in [1.165, 1.54) is 0 Å². The first-order valence-electron chi connectivity index (χ1n) is 6.58. The zero-order valence-corrected chi connectivity index (χ0v) is 12.2. The maximum atomic E-state index is 12.4. The number of halogens is 1. The van der Waals surface area contributed by atoms with Gasteiger partial charge in [0, 0.05) is 13.0 Å². The number of anilines is 1. The van der Waals surface area contributed by atoms with Crippen molar-refractivity contribution in [1.29, 1.82) is 0 Å². The number of rotatable bonds is 4. The van der Waals surface area contributed by atoms with Crippen LogP contribution in [0.1, 0.15) is 26.7 Å². The molecule has 20 heavy (non-hydrogen) atoms. The third-order valence-electron chi connectivity index (χ3n) is 3.23. The Kier molecular flexibility index (Phi) is 4.54. The molecule has 0 aliphatic carbocycles. The van der Waals surface area contributed by atoms with Gasteiger partial charge in [-0.15, -0.1) is 10.2 Å². The number of nitrogens with zero attached hydrogens (tertiary/aromatic N) is 3. The summed E-state index contributed by atoms with van der Waals surface area (Å²) in [5, 5.41) is 10.4. The second kappa shape index (κ2) is 6.17. The Morgan fingerprint density at radius 1 is 1.40 bits per heavy atom. The molecule has 7 heteroatoms. The van der Waals surface area contributed by atoms with E-state index < -0.39 is 6.04 Å². The van der Waals surface area contributed by atoms with Crippen molar-refractivity contribution in [2.45, 2.75) is 32.7 Å². The molecule has 6 nitrogen and oxygen atoms in total. The van der Waals surface area contributed by atoms with E-state index >= 15 is 0 Å². The lowest BCUT2D eigenvalue weighted by Crippen LogP contribution is -2.48. The Morgan fingerprint density at radius 3 is 2.65 bits per heavy atom. The average molecular weight is 297 g/mol. The molecule has 2 heterocycles. The lowest BCUT2D eigenvalue weighted by molar-refractivity contribution is -0.136. The van der Waals surface area contributed by atoms with Crippen LogP contribution in [-0.4, -0.2) is 39.5 Å². The summed E-state index contributed by atoms with van der Waals surface area (Å²) in [6.45, 7) is 4.47. The van der Waals surface area contributed by atoms with Crippen LogP contribution in [0.4, 0.5) is 5.82 Å². The van der Waals surface area contributed by atoms with Crippen molar-refractivity contribution in [3.05, 3.63) is 17.3 Å². The standard InChI is InChI=1S/C13H17ClN4O2/c1-8(2)12(18-7-3-4-11(18)19)13(20)15-10-6-5-9(14)16-17-10/h5-6,8,12H,3-4,7H2,1-2H3,(H,15,17,20). The second-order valence-corrected chi connectivity index (χ2v) is 5.50. The number of amides is 2. The smallest absolute Gasteiger partial charge is 0.248 e. The first-order valence-corrected chi connectivity index (χ1v) is 6.96. The molecule has 2 rings (SSSR count). The van der Waals surface area contributed by atoms with Crippen LogP contribution in [0.25, 0.3) is 0 Å². The SMILES string of the molecule is CC(C)C(C(=O)Nc1ccc(Cl)nn1)N1CCCC1=O. The van der Waals surface area contributed by atoms with Crippen molar-refractivity contribution in [2.24, 2.45) is 5.92 Å². The molecule has 1 aliphatic rings. The minimum atomic E-state index is -0.484. The third kappa shape index (κ3) is 3.25. The van der Waals surface area contributed by atoms with Gasteiger partial charge in [-0.3, -0.25) is 9.59 Å². The number of hydrogen-bond acceptors (Lipinski definition) is 4. The Morgan fingerprint density at radius 2 is 2.15 bits per heavy atom. The summed E-state index contributed by atoms with van der Waals surface area (Å²) in [5.41, 5.74) is 0. The van der Waals surface area contributed by atoms with Gasteiger partial charge in [0.05, 0.1) is 0 Å². The third-order valence-corrected chi connectivity index (χ3v) is 3.43. The van der Waals surface area contributed by atoms with Crippen LogP contribution in [-0.2, 0) is 9.59 Å². The fourth-order valence-corrected chi connectivity index (χ4v) is 2.45. The van der Waals surface area contributed by atoms with E-state index in [1.54, 1.807) is 17.0 Å². The van der Waals surface area contributed by atoms with E-state index in [-0.39, 0.29) is 22.9 Å².